The lowest BCUT2D eigenvalue weighted by Gasteiger charge is -2.21. The zero-order valence-corrected chi connectivity index (χ0v) is 10.3. The molecule has 1 aliphatic carbocycles. The van der Waals surface area contributed by atoms with Gasteiger partial charge < -0.3 is 10.1 Å². The van der Waals surface area contributed by atoms with Crippen molar-refractivity contribution in [2.75, 3.05) is 6.54 Å². The van der Waals surface area contributed by atoms with Gasteiger partial charge in [0.05, 0.1) is 0 Å². The summed E-state index contributed by atoms with van der Waals surface area (Å²) in [5.41, 5.74) is 0. The minimum atomic E-state index is 0.0195. The van der Waals surface area contributed by atoms with E-state index in [9.17, 15) is 9.59 Å². The third-order valence-corrected chi connectivity index (χ3v) is 3.30. The number of hydrogen-bond acceptors (Lipinski definition) is 2. The lowest BCUT2D eigenvalue weighted by atomic mass is 9.87. The number of carbonyl (C=O) groups excluding carboxylic acids is 2. The van der Waals surface area contributed by atoms with Crippen molar-refractivity contribution in [2.24, 2.45) is 5.92 Å². The summed E-state index contributed by atoms with van der Waals surface area (Å²) < 4.78 is 0. The third-order valence-electron chi connectivity index (χ3n) is 3.30. The zero-order chi connectivity index (χ0) is 11.8. The second-order valence-electron chi connectivity index (χ2n) is 4.84. The molecule has 16 heavy (non-hydrogen) atoms. The maximum Gasteiger partial charge on any atom is 0.220 e. The Balaban J connectivity index is 2.01. The van der Waals surface area contributed by atoms with Gasteiger partial charge >= 0.3 is 0 Å². The number of rotatable bonds is 6. The molecule has 0 aromatic carbocycles. The van der Waals surface area contributed by atoms with E-state index in [0.29, 0.717) is 12.8 Å². The molecule has 1 N–H and O–H groups in total. The molecule has 1 aliphatic rings. The summed E-state index contributed by atoms with van der Waals surface area (Å²) in [7, 11) is 0. The van der Waals surface area contributed by atoms with E-state index >= 15 is 0 Å². The predicted molar refractivity (Wildman–Crippen MR) is 64.1 cm³/mol. The van der Waals surface area contributed by atoms with Crippen molar-refractivity contribution in [3.63, 3.8) is 0 Å². The van der Waals surface area contributed by atoms with Gasteiger partial charge in [-0.1, -0.05) is 32.1 Å². The lowest BCUT2D eigenvalue weighted by Crippen LogP contribution is -2.26. The maximum atomic E-state index is 11.3. The van der Waals surface area contributed by atoms with E-state index in [1.165, 1.54) is 39.0 Å². The van der Waals surface area contributed by atoms with Gasteiger partial charge in [0.25, 0.3) is 0 Å². The molecule has 0 aliphatic heterocycles. The fraction of sp³-hybridized carbons (Fsp3) is 0.846. The van der Waals surface area contributed by atoms with Crippen LogP contribution in [0.4, 0.5) is 0 Å². The van der Waals surface area contributed by atoms with Crippen LogP contribution in [0.25, 0.3) is 0 Å². The first kappa shape index (κ1) is 13.2. The summed E-state index contributed by atoms with van der Waals surface area (Å²) in [4.78, 5) is 22.0. The average molecular weight is 225 g/mol. The molecule has 0 saturated heterocycles. The van der Waals surface area contributed by atoms with Gasteiger partial charge in [0.2, 0.25) is 5.91 Å². The Morgan fingerprint density at radius 1 is 1.12 bits per heavy atom. The van der Waals surface area contributed by atoms with Crippen molar-refractivity contribution in [3.05, 3.63) is 0 Å². The Hall–Kier alpha value is -0.860. The summed E-state index contributed by atoms with van der Waals surface area (Å²) >= 11 is 0. The van der Waals surface area contributed by atoms with Crippen molar-refractivity contribution >= 4 is 11.7 Å². The first-order valence-electron chi connectivity index (χ1n) is 6.44. The van der Waals surface area contributed by atoms with Crippen molar-refractivity contribution in [2.45, 2.75) is 58.3 Å². The highest BCUT2D eigenvalue weighted by atomic mass is 16.2. The number of amides is 1. The summed E-state index contributed by atoms with van der Waals surface area (Å²) in [6.45, 7) is 2.30. The second-order valence-corrected chi connectivity index (χ2v) is 4.84. The molecule has 92 valence electrons. The molecule has 0 aromatic rings. The predicted octanol–water partition coefficient (Wildman–Crippen LogP) is 2.44. The van der Waals surface area contributed by atoms with Crippen molar-refractivity contribution in [3.8, 4) is 0 Å². The van der Waals surface area contributed by atoms with E-state index in [2.05, 4.69) is 5.32 Å². The van der Waals surface area contributed by atoms with Crippen LogP contribution in [0.2, 0.25) is 0 Å². The molecule has 1 saturated carbocycles. The average Bonchev–Trinajstić information content (AvgIpc) is 2.28. The van der Waals surface area contributed by atoms with Gasteiger partial charge in [0, 0.05) is 19.4 Å². The molecule has 0 heterocycles. The Bertz CT molecular complexity index is 232. The molecule has 1 amide bonds. The molecule has 1 rings (SSSR count). The van der Waals surface area contributed by atoms with E-state index < -0.39 is 0 Å². The Kier molecular flexibility index (Phi) is 6.12. The second kappa shape index (κ2) is 7.42. The smallest absolute Gasteiger partial charge is 0.220 e. The summed E-state index contributed by atoms with van der Waals surface area (Å²) in [5.74, 6) is 0.912. The molecule has 0 aromatic heterocycles. The minimum absolute atomic E-state index is 0.0195. The van der Waals surface area contributed by atoms with Crippen LogP contribution in [0.15, 0.2) is 0 Å². The van der Waals surface area contributed by atoms with Crippen LogP contribution in [0.5, 0.6) is 0 Å². The molecule has 3 nitrogen and oxygen atoms in total. The highest BCUT2D eigenvalue weighted by Gasteiger charge is 2.13. The standard InChI is InChI=1S/C13H23NO2/c1-11(15)7-8-13(16)14-10-9-12-5-3-2-4-6-12/h12H,2-10H2,1H3,(H,14,16). The van der Waals surface area contributed by atoms with Crippen LogP contribution in [-0.4, -0.2) is 18.2 Å². The van der Waals surface area contributed by atoms with Gasteiger partial charge in [-0.25, -0.2) is 0 Å². The van der Waals surface area contributed by atoms with E-state index in [-0.39, 0.29) is 11.7 Å². The Morgan fingerprint density at radius 2 is 1.81 bits per heavy atom. The molecule has 0 radical (unpaired) electrons. The third kappa shape index (κ3) is 5.89. The van der Waals surface area contributed by atoms with Crippen molar-refractivity contribution in [1.82, 2.24) is 5.32 Å². The summed E-state index contributed by atoms with van der Waals surface area (Å²) in [5, 5.41) is 2.89. The largest absolute Gasteiger partial charge is 0.356 e. The molecular weight excluding hydrogens is 202 g/mol. The van der Waals surface area contributed by atoms with E-state index in [4.69, 9.17) is 0 Å². The summed E-state index contributed by atoms with van der Waals surface area (Å²) in [6, 6.07) is 0. The highest BCUT2D eigenvalue weighted by molar-refractivity contribution is 5.83. The number of ketones is 1. The number of carbonyl (C=O) groups is 2. The van der Waals surface area contributed by atoms with Crippen molar-refractivity contribution < 1.29 is 9.59 Å². The topological polar surface area (TPSA) is 46.2 Å². The Morgan fingerprint density at radius 3 is 2.44 bits per heavy atom. The lowest BCUT2D eigenvalue weighted by molar-refractivity contribution is -0.124. The molecule has 0 atom stereocenters. The van der Waals surface area contributed by atoms with Gasteiger partial charge in [0.15, 0.2) is 0 Å². The monoisotopic (exact) mass is 225 g/mol. The molecule has 0 bridgehead atoms. The van der Waals surface area contributed by atoms with Crippen LogP contribution in [0, 0.1) is 5.92 Å². The zero-order valence-electron chi connectivity index (χ0n) is 10.3. The van der Waals surface area contributed by atoms with E-state index in [1.54, 1.807) is 0 Å². The van der Waals surface area contributed by atoms with Crippen LogP contribution in [0.1, 0.15) is 58.3 Å². The van der Waals surface area contributed by atoms with Crippen LogP contribution < -0.4 is 5.32 Å². The quantitative estimate of drug-likeness (QED) is 0.754. The van der Waals surface area contributed by atoms with Crippen LogP contribution in [0.3, 0.4) is 0 Å². The first-order chi connectivity index (χ1) is 7.68. The normalized spacial score (nSPS) is 17.1. The van der Waals surface area contributed by atoms with Gasteiger partial charge in [-0.2, -0.15) is 0 Å². The maximum absolute atomic E-state index is 11.3. The van der Waals surface area contributed by atoms with Crippen LogP contribution in [-0.2, 0) is 9.59 Å². The highest BCUT2D eigenvalue weighted by Crippen LogP contribution is 2.25. The molecule has 0 spiro atoms. The van der Waals surface area contributed by atoms with Gasteiger partial charge in [-0.05, 0) is 19.3 Å². The number of nitrogens with one attached hydrogen (secondary N) is 1. The molecule has 3 heteroatoms. The number of hydrogen-bond donors (Lipinski definition) is 1. The molecule has 1 fully saturated rings. The van der Waals surface area contributed by atoms with E-state index in [0.717, 1.165) is 18.9 Å². The minimum Gasteiger partial charge on any atom is -0.356 e. The Labute approximate surface area is 98.0 Å². The summed E-state index contributed by atoms with van der Waals surface area (Å²) in [6.07, 6.45) is 8.54. The van der Waals surface area contributed by atoms with Crippen LogP contribution >= 0.6 is 0 Å². The number of Topliss-reactive ketones (excluding diaryl/α,β-unsaturated/α-hetero) is 1. The van der Waals surface area contributed by atoms with Gasteiger partial charge in [-0.3, -0.25) is 4.79 Å². The molecule has 0 unspecified atom stereocenters. The van der Waals surface area contributed by atoms with Crippen molar-refractivity contribution in [1.29, 1.82) is 0 Å². The SMILES string of the molecule is CC(=O)CCC(=O)NCCC1CCCCC1. The van der Waals surface area contributed by atoms with E-state index in [1.807, 2.05) is 0 Å². The first-order valence-corrected chi connectivity index (χ1v) is 6.44. The molecular formula is C13H23NO2. The van der Waals surface area contributed by atoms with Gasteiger partial charge in [-0.15, -0.1) is 0 Å². The fourth-order valence-electron chi connectivity index (χ4n) is 2.27. The fourth-order valence-corrected chi connectivity index (χ4v) is 2.27. The van der Waals surface area contributed by atoms with Gasteiger partial charge in [0.1, 0.15) is 5.78 Å².